The molecule has 1 atom stereocenters. The van der Waals surface area contributed by atoms with Crippen molar-refractivity contribution in [3.05, 3.63) is 65.5 Å². The summed E-state index contributed by atoms with van der Waals surface area (Å²) in [5.74, 6) is -0.958. The van der Waals surface area contributed by atoms with E-state index >= 15 is 0 Å². The monoisotopic (exact) mass is 376 g/mol. The Labute approximate surface area is 157 Å². The average Bonchev–Trinajstić information content (AvgIpc) is 3.14. The lowest BCUT2D eigenvalue weighted by molar-refractivity contribution is 0.508. The molecule has 2 aromatic rings. The van der Waals surface area contributed by atoms with Gasteiger partial charge in [0.2, 0.25) is 0 Å². The zero-order chi connectivity index (χ0) is 19.2. The van der Waals surface area contributed by atoms with Crippen LogP contribution in [0.25, 0.3) is 0 Å². The summed E-state index contributed by atoms with van der Waals surface area (Å²) < 4.78 is 40.2. The summed E-state index contributed by atoms with van der Waals surface area (Å²) in [5.41, 5.74) is 1.27. The van der Waals surface area contributed by atoms with Crippen LogP contribution in [0.4, 0.5) is 18.9 Å². The lowest BCUT2D eigenvalue weighted by Crippen LogP contribution is -2.40. The molecular formula is C20H23F3N4. The minimum absolute atomic E-state index is 0.251. The predicted molar refractivity (Wildman–Crippen MR) is 101 cm³/mol. The molecule has 0 aromatic heterocycles. The third-order valence-electron chi connectivity index (χ3n) is 4.74. The fraction of sp³-hybridized carbons (Fsp3) is 0.350. The molecule has 1 saturated heterocycles. The molecule has 1 unspecified atom stereocenters. The topological polar surface area (TPSA) is 39.7 Å². The lowest BCUT2D eigenvalue weighted by atomic mass is 10.1. The number of aliphatic imine (C=N–C) groups is 1. The molecule has 0 aliphatic carbocycles. The van der Waals surface area contributed by atoms with E-state index in [2.05, 4.69) is 15.6 Å². The van der Waals surface area contributed by atoms with Gasteiger partial charge in [-0.2, -0.15) is 0 Å². The van der Waals surface area contributed by atoms with Gasteiger partial charge in [0.15, 0.2) is 17.6 Å². The Morgan fingerprint density at radius 1 is 1.07 bits per heavy atom. The highest BCUT2D eigenvalue weighted by Crippen LogP contribution is 2.24. The highest BCUT2D eigenvalue weighted by molar-refractivity contribution is 5.79. The Hall–Kier alpha value is -2.70. The highest BCUT2D eigenvalue weighted by atomic mass is 19.2. The smallest absolute Gasteiger partial charge is 0.191 e. The van der Waals surface area contributed by atoms with Gasteiger partial charge in [0.05, 0.1) is 0 Å². The molecule has 0 radical (unpaired) electrons. The van der Waals surface area contributed by atoms with Gasteiger partial charge in [-0.1, -0.05) is 18.2 Å². The van der Waals surface area contributed by atoms with E-state index < -0.39 is 11.6 Å². The molecule has 0 saturated carbocycles. The molecule has 1 heterocycles. The maximum atomic E-state index is 13.7. The number of anilines is 1. The Morgan fingerprint density at radius 2 is 1.89 bits per heavy atom. The van der Waals surface area contributed by atoms with Crippen molar-refractivity contribution in [2.75, 3.05) is 31.6 Å². The number of rotatable bonds is 5. The maximum absolute atomic E-state index is 13.7. The van der Waals surface area contributed by atoms with Crippen molar-refractivity contribution in [1.82, 2.24) is 10.6 Å². The molecule has 1 aliphatic rings. The minimum Gasteiger partial charge on any atom is -0.371 e. The zero-order valence-electron chi connectivity index (χ0n) is 15.2. The van der Waals surface area contributed by atoms with E-state index in [0.717, 1.165) is 25.6 Å². The largest absolute Gasteiger partial charge is 0.371 e. The van der Waals surface area contributed by atoms with Crippen molar-refractivity contribution >= 4 is 11.6 Å². The number of hydrogen-bond acceptors (Lipinski definition) is 2. The molecule has 4 nitrogen and oxygen atoms in total. The normalized spacial score (nSPS) is 17.3. The summed E-state index contributed by atoms with van der Waals surface area (Å²) >= 11 is 0. The van der Waals surface area contributed by atoms with E-state index in [9.17, 15) is 13.2 Å². The maximum Gasteiger partial charge on any atom is 0.191 e. The Morgan fingerprint density at radius 3 is 2.63 bits per heavy atom. The summed E-state index contributed by atoms with van der Waals surface area (Å²) in [6.45, 7) is 2.58. The first-order valence-corrected chi connectivity index (χ1v) is 8.94. The standard InChI is InChI=1S/C20H23F3N4/c1-24-20(26-12-15-4-2-3-5-17(15)21)25-11-14-8-9-27(13-14)16-6-7-18(22)19(23)10-16/h2-7,10,14H,8-9,11-13H2,1H3,(H2,24,25,26). The molecule has 3 rings (SSSR count). The molecular weight excluding hydrogens is 353 g/mol. The van der Waals surface area contributed by atoms with Crippen LogP contribution in [0.1, 0.15) is 12.0 Å². The first kappa shape index (κ1) is 19.1. The number of halogens is 3. The van der Waals surface area contributed by atoms with E-state index in [-0.39, 0.29) is 5.82 Å². The van der Waals surface area contributed by atoms with Gasteiger partial charge >= 0.3 is 0 Å². The Bertz CT molecular complexity index is 810. The van der Waals surface area contributed by atoms with Gasteiger partial charge in [-0.05, 0) is 30.5 Å². The molecule has 0 amide bonds. The average molecular weight is 376 g/mol. The summed E-state index contributed by atoms with van der Waals surface area (Å²) in [4.78, 5) is 6.21. The predicted octanol–water partition coefficient (Wildman–Crippen LogP) is 3.30. The van der Waals surface area contributed by atoms with Crippen molar-refractivity contribution in [3.8, 4) is 0 Å². The van der Waals surface area contributed by atoms with Crippen LogP contribution in [0.5, 0.6) is 0 Å². The molecule has 1 fully saturated rings. The fourth-order valence-corrected chi connectivity index (χ4v) is 3.20. The van der Waals surface area contributed by atoms with E-state index in [4.69, 9.17) is 0 Å². The van der Waals surface area contributed by atoms with Crippen LogP contribution in [0.2, 0.25) is 0 Å². The molecule has 1 aliphatic heterocycles. The Balaban J connectivity index is 1.48. The molecule has 0 bridgehead atoms. The first-order chi connectivity index (χ1) is 13.1. The van der Waals surface area contributed by atoms with Gasteiger partial charge in [-0.15, -0.1) is 0 Å². The van der Waals surface area contributed by atoms with E-state index in [1.165, 1.54) is 12.1 Å². The van der Waals surface area contributed by atoms with Crippen molar-refractivity contribution in [1.29, 1.82) is 0 Å². The summed E-state index contributed by atoms with van der Waals surface area (Å²) in [6, 6.07) is 10.6. The summed E-state index contributed by atoms with van der Waals surface area (Å²) in [7, 11) is 1.67. The Kier molecular flexibility index (Phi) is 6.21. The molecule has 0 spiro atoms. The van der Waals surface area contributed by atoms with Gasteiger partial charge in [-0.25, -0.2) is 13.2 Å². The van der Waals surface area contributed by atoms with Crippen LogP contribution >= 0.6 is 0 Å². The van der Waals surface area contributed by atoms with Crippen molar-refractivity contribution in [2.24, 2.45) is 10.9 Å². The van der Waals surface area contributed by atoms with Gasteiger partial charge in [0, 0.05) is 50.5 Å². The van der Waals surface area contributed by atoms with Crippen LogP contribution in [0.15, 0.2) is 47.5 Å². The zero-order valence-corrected chi connectivity index (χ0v) is 15.2. The van der Waals surface area contributed by atoms with E-state index in [0.29, 0.717) is 36.2 Å². The van der Waals surface area contributed by atoms with Gasteiger partial charge in [0.25, 0.3) is 0 Å². The van der Waals surface area contributed by atoms with E-state index in [1.807, 2.05) is 4.90 Å². The second-order valence-corrected chi connectivity index (χ2v) is 6.60. The van der Waals surface area contributed by atoms with Gasteiger partial charge < -0.3 is 15.5 Å². The van der Waals surface area contributed by atoms with E-state index in [1.54, 1.807) is 31.3 Å². The number of nitrogens with one attached hydrogen (secondary N) is 2. The lowest BCUT2D eigenvalue weighted by Gasteiger charge is -2.19. The third-order valence-corrected chi connectivity index (χ3v) is 4.74. The molecule has 2 aromatic carbocycles. The van der Waals surface area contributed by atoms with Gasteiger partial charge in [-0.3, -0.25) is 4.99 Å². The summed E-state index contributed by atoms with van der Waals surface area (Å²) in [5, 5.41) is 6.35. The van der Waals surface area contributed by atoms with Crippen LogP contribution < -0.4 is 15.5 Å². The quantitative estimate of drug-likeness (QED) is 0.621. The van der Waals surface area contributed by atoms with Crippen molar-refractivity contribution in [3.63, 3.8) is 0 Å². The molecule has 7 heteroatoms. The van der Waals surface area contributed by atoms with Crippen LogP contribution in [-0.2, 0) is 6.54 Å². The van der Waals surface area contributed by atoms with Crippen LogP contribution in [-0.4, -0.2) is 32.6 Å². The van der Waals surface area contributed by atoms with Crippen molar-refractivity contribution in [2.45, 2.75) is 13.0 Å². The second kappa shape index (κ2) is 8.79. The number of hydrogen-bond donors (Lipinski definition) is 2. The van der Waals surface area contributed by atoms with Crippen molar-refractivity contribution < 1.29 is 13.2 Å². The van der Waals surface area contributed by atoms with Gasteiger partial charge in [0.1, 0.15) is 5.82 Å². The highest BCUT2D eigenvalue weighted by Gasteiger charge is 2.23. The molecule has 27 heavy (non-hydrogen) atoms. The molecule has 144 valence electrons. The first-order valence-electron chi connectivity index (χ1n) is 8.94. The number of benzene rings is 2. The second-order valence-electron chi connectivity index (χ2n) is 6.60. The molecule has 2 N–H and O–H groups in total. The fourth-order valence-electron chi connectivity index (χ4n) is 3.20. The van der Waals surface area contributed by atoms with Crippen LogP contribution in [0.3, 0.4) is 0 Å². The minimum atomic E-state index is -0.833. The number of nitrogens with zero attached hydrogens (tertiary/aromatic N) is 2. The number of guanidine groups is 1. The van der Waals surface area contributed by atoms with Crippen LogP contribution in [0, 0.1) is 23.4 Å². The SMILES string of the molecule is CN=C(NCc1ccccc1F)NCC1CCN(c2ccc(F)c(F)c2)C1. The summed E-state index contributed by atoms with van der Waals surface area (Å²) in [6.07, 6.45) is 0.941. The third kappa shape index (κ3) is 4.93.